The van der Waals surface area contributed by atoms with Gasteiger partial charge in [0.2, 0.25) is 5.91 Å². The molecule has 1 rings (SSSR count). The molecule has 1 atom stereocenters. The van der Waals surface area contributed by atoms with Gasteiger partial charge >= 0.3 is 5.97 Å². The van der Waals surface area contributed by atoms with Crippen molar-refractivity contribution < 1.29 is 19.6 Å². The Hall–Kier alpha value is -2.64. The third-order valence-corrected chi connectivity index (χ3v) is 3.08. The van der Waals surface area contributed by atoms with E-state index in [1.165, 1.54) is 24.1 Å². The molecule has 0 spiro atoms. The van der Waals surface area contributed by atoms with Crippen LogP contribution in [0.3, 0.4) is 0 Å². The van der Waals surface area contributed by atoms with Crippen LogP contribution in [-0.4, -0.2) is 42.5 Å². The van der Waals surface area contributed by atoms with E-state index in [-0.39, 0.29) is 35.3 Å². The van der Waals surface area contributed by atoms with Crippen LogP contribution < -0.4 is 10.2 Å². The van der Waals surface area contributed by atoms with E-state index >= 15 is 0 Å². The van der Waals surface area contributed by atoms with Gasteiger partial charge in [0, 0.05) is 32.8 Å². The van der Waals surface area contributed by atoms with Crippen LogP contribution in [-0.2, 0) is 4.79 Å². The zero-order valence-electron chi connectivity index (χ0n) is 12.0. The molecule has 0 aromatic heterocycles. The second kappa shape index (κ2) is 6.69. The van der Waals surface area contributed by atoms with E-state index in [4.69, 9.17) is 5.11 Å². The number of non-ortho nitro benzene ring substituents is 1. The number of hydrogen-bond donors (Lipinski definition) is 2. The average Bonchev–Trinajstić information content (AvgIpc) is 2.45. The second-order valence-electron chi connectivity index (χ2n) is 4.66. The number of amides is 1. The number of carboxylic acid groups (broad SMARTS) is 1. The van der Waals surface area contributed by atoms with Gasteiger partial charge in [-0.1, -0.05) is 6.92 Å². The van der Waals surface area contributed by atoms with Gasteiger partial charge in [-0.15, -0.1) is 0 Å². The standard InChI is InChI=1S/C13H17N3O5/c1-8(12(17)14-2)7-15(3)11-6-9(16(20)21)4-5-10(11)13(18)19/h4-6,8H,7H2,1-3H3,(H,14,17)(H,18,19). The van der Waals surface area contributed by atoms with Crippen LogP contribution in [0.15, 0.2) is 18.2 Å². The second-order valence-corrected chi connectivity index (χ2v) is 4.66. The number of nitrogens with one attached hydrogen (secondary N) is 1. The fraction of sp³-hybridized carbons (Fsp3) is 0.385. The normalized spacial score (nSPS) is 11.6. The Labute approximate surface area is 121 Å². The van der Waals surface area contributed by atoms with Gasteiger partial charge in [-0.25, -0.2) is 4.79 Å². The Bertz CT molecular complexity index is 573. The molecule has 1 aromatic rings. The summed E-state index contributed by atoms with van der Waals surface area (Å²) in [5.41, 5.74) is -0.0471. The van der Waals surface area contributed by atoms with Crippen LogP contribution in [0.5, 0.6) is 0 Å². The topological polar surface area (TPSA) is 113 Å². The average molecular weight is 295 g/mol. The molecule has 0 bridgehead atoms. The van der Waals surface area contributed by atoms with Crippen LogP contribution in [0.4, 0.5) is 11.4 Å². The fourth-order valence-electron chi connectivity index (χ4n) is 1.97. The summed E-state index contributed by atoms with van der Waals surface area (Å²) in [7, 11) is 3.10. The van der Waals surface area contributed by atoms with Crippen molar-refractivity contribution in [3.63, 3.8) is 0 Å². The molecular weight excluding hydrogens is 278 g/mol. The summed E-state index contributed by atoms with van der Waals surface area (Å²) in [5.74, 6) is -1.76. The Morgan fingerprint density at radius 1 is 1.48 bits per heavy atom. The van der Waals surface area contributed by atoms with Gasteiger partial charge in [0.1, 0.15) is 0 Å². The van der Waals surface area contributed by atoms with Gasteiger partial charge in [0.05, 0.1) is 22.1 Å². The van der Waals surface area contributed by atoms with Crippen molar-refractivity contribution in [1.29, 1.82) is 0 Å². The van der Waals surface area contributed by atoms with Gasteiger partial charge in [-0.05, 0) is 6.07 Å². The summed E-state index contributed by atoms with van der Waals surface area (Å²) in [6.45, 7) is 1.92. The molecule has 0 saturated heterocycles. The Balaban J connectivity index is 3.13. The van der Waals surface area contributed by atoms with Crippen molar-refractivity contribution in [1.82, 2.24) is 5.32 Å². The molecule has 0 fully saturated rings. The summed E-state index contributed by atoms with van der Waals surface area (Å²) in [6, 6.07) is 3.53. The third-order valence-electron chi connectivity index (χ3n) is 3.08. The predicted octanol–water partition coefficient (Wildman–Crippen LogP) is 1.11. The van der Waals surface area contributed by atoms with Crippen LogP contribution in [0.25, 0.3) is 0 Å². The first-order valence-corrected chi connectivity index (χ1v) is 6.22. The van der Waals surface area contributed by atoms with E-state index < -0.39 is 10.9 Å². The maximum atomic E-state index is 11.5. The number of anilines is 1. The van der Waals surface area contributed by atoms with Crippen molar-refractivity contribution in [3.8, 4) is 0 Å². The summed E-state index contributed by atoms with van der Waals surface area (Å²) < 4.78 is 0. The number of nitro benzene ring substituents is 1. The van der Waals surface area contributed by atoms with Crippen molar-refractivity contribution in [2.45, 2.75) is 6.92 Å². The smallest absolute Gasteiger partial charge is 0.337 e. The molecule has 2 N–H and O–H groups in total. The number of nitrogens with zero attached hydrogens (tertiary/aromatic N) is 2. The SMILES string of the molecule is CNC(=O)C(C)CN(C)c1cc([N+](=O)[O-])ccc1C(=O)O. The quantitative estimate of drug-likeness (QED) is 0.600. The number of rotatable bonds is 6. The molecule has 0 aliphatic heterocycles. The lowest BCUT2D eigenvalue weighted by Crippen LogP contribution is -2.34. The molecule has 1 amide bonds. The first-order chi connectivity index (χ1) is 9.77. The molecule has 1 aromatic carbocycles. The molecule has 21 heavy (non-hydrogen) atoms. The molecule has 0 heterocycles. The number of carbonyl (C=O) groups excluding carboxylic acids is 1. The minimum Gasteiger partial charge on any atom is -0.478 e. The molecule has 114 valence electrons. The van der Waals surface area contributed by atoms with Gasteiger partial charge in [0.25, 0.3) is 5.69 Å². The summed E-state index contributed by atoms with van der Waals surface area (Å²) in [4.78, 5) is 34.5. The Morgan fingerprint density at radius 3 is 2.57 bits per heavy atom. The van der Waals surface area contributed by atoms with E-state index in [2.05, 4.69) is 5.32 Å². The lowest BCUT2D eigenvalue weighted by Gasteiger charge is -2.23. The van der Waals surface area contributed by atoms with E-state index in [9.17, 15) is 19.7 Å². The number of nitro groups is 1. The Kier molecular flexibility index (Phi) is 5.23. The Morgan fingerprint density at radius 2 is 2.10 bits per heavy atom. The first kappa shape index (κ1) is 16.4. The van der Waals surface area contributed by atoms with Gasteiger partial charge in [-0.3, -0.25) is 14.9 Å². The highest BCUT2D eigenvalue weighted by atomic mass is 16.6. The zero-order chi connectivity index (χ0) is 16.2. The van der Waals surface area contributed by atoms with Crippen LogP contribution >= 0.6 is 0 Å². The summed E-state index contributed by atoms with van der Waals surface area (Å²) in [6.07, 6.45) is 0. The van der Waals surface area contributed by atoms with Crippen LogP contribution in [0.1, 0.15) is 17.3 Å². The third kappa shape index (κ3) is 3.91. The van der Waals surface area contributed by atoms with E-state index in [1.54, 1.807) is 14.0 Å². The molecule has 0 aliphatic rings. The molecule has 8 nitrogen and oxygen atoms in total. The molecule has 8 heteroatoms. The number of carboxylic acids is 1. The highest BCUT2D eigenvalue weighted by molar-refractivity contribution is 5.95. The van der Waals surface area contributed by atoms with Crippen LogP contribution in [0, 0.1) is 16.0 Å². The highest BCUT2D eigenvalue weighted by Gasteiger charge is 2.21. The number of hydrogen-bond acceptors (Lipinski definition) is 5. The van der Waals surface area contributed by atoms with Gasteiger partial charge in [0.15, 0.2) is 0 Å². The molecular formula is C13H17N3O5. The van der Waals surface area contributed by atoms with Crippen molar-refractivity contribution in [3.05, 3.63) is 33.9 Å². The molecule has 1 unspecified atom stereocenters. The molecule has 0 aliphatic carbocycles. The van der Waals surface area contributed by atoms with Crippen molar-refractivity contribution >= 4 is 23.3 Å². The minimum atomic E-state index is -1.18. The van der Waals surface area contributed by atoms with E-state index in [0.29, 0.717) is 0 Å². The lowest BCUT2D eigenvalue weighted by molar-refractivity contribution is -0.384. The summed E-state index contributed by atoms with van der Waals surface area (Å²) >= 11 is 0. The number of carbonyl (C=O) groups is 2. The minimum absolute atomic E-state index is 0.0489. The van der Waals surface area contributed by atoms with Gasteiger partial charge < -0.3 is 15.3 Å². The first-order valence-electron chi connectivity index (χ1n) is 6.22. The molecule has 0 radical (unpaired) electrons. The van der Waals surface area contributed by atoms with Crippen molar-refractivity contribution in [2.75, 3.05) is 25.5 Å². The van der Waals surface area contributed by atoms with Gasteiger partial charge in [-0.2, -0.15) is 0 Å². The maximum Gasteiger partial charge on any atom is 0.337 e. The predicted molar refractivity (Wildman–Crippen MR) is 76.6 cm³/mol. The monoisotopic (exact) mass is 295 g/mol. The number of benzene rings is 1. The van der Waals surface area contributed by atoms with E-state index in [1.807, 2.05) is 0 Å². The zero-order valence-corrected chi connectivity index (χ0v) is 12.0. The number of aromatic carboxylic acids is 1. The highest BCUT2D eigenvalue weighted by Crippen LogP contribution is 2.26. The van der Waals surface area contributed by atoms with Crippen molar-refractivity contribution in [2.24, 2.45) is 5.92 Å². The fourth-order valence-corrected chi connectivity index (χ4v) is 1.97. The largest absolute Gasteiger partial charge is 0.478 e. The maximum absolute atomic E-state index is 11.5. The lowest BCUT2D eigenvalue weighted by atomic mass is 10.1. The van der Waals surface area contributed by atoms with Crippen LogP contribution in [0.2, 0.25) is 0 Å². The van der Waals surface area contributed by atoms with E-state index in [0.717, 1.165) is 6.07 Å². The summed E-state index contributed by atoms with van der Waals surface area (Å²) in [5, 5.41) is 22.5. The molecule has 0 saturated carbocycles.